The van der Waals surface area contributed by atoms with Crippen LogP contribution in [0.4, 0.5) is 11.4 Å². The fraction of sp³-hybridized carbons (Fsp3) is 0.333. The maximum atomic E-state index is 13.5. The molecule has 2 aliphatic rings. The zero-order chi connectivity index (χ0) is 22.3. The average molecular weight is 464 g/mol. The molecule has 2 N–H and O–H groups in total. The molecule has 0 saturated carbocycles. The van der Waals surface area contributed by atoms with Crippen molar-refractivity contribution in [3.8, 4) is 5.75 Å². The van der Waals surface area contributed by atoms with Crippen LogP contribution in [0.5, 0.6) is 5.75 Å². The Morgan fingerprint density at radius 3 is 2.74 bits per heavy atom. The lowest BCUT2D eigenvalue weighted by Gasteiger charge is -2.26. The van der Waals surface area contributed by atoms with Gasteiger partial charge in [-0.15, -0.1) is 0 Å². The van der Waals surface area contributed by atoms with Gasteiger partial charge in [0.25, 0.3) is 5.91 Å². The third-order valence-corrected chi connectivity index (χ3v) is 7.90. The summed E-state index contributed by atoms with van der Waals surface area (Å²) in [5.41, 5.74) is 2.28. The summed E-state index contributed by atoms with van der Waals surface area (Å²) < 4.78 is 33.5. The SMILES string of the molecule is Cc1ccc(NC(=O)C2CCCN2S(=O)(=O)c2cc3c(cc2C)NC(=O)CO3)cc1Cl. The van der Waals surface area contributed by atoms with Gasteiger partial charge in [0, 0.05) is 23.3 Å². The van der Waals surface area contributed by atoms with Crippen molar-refractivity contribution < 1.29 is 22.7 Å². The van der Waals surface area contributed by atoms with E-state index in [9.17, 15) is 18.0 Å². The van der Waals surface area contributed by atoms with Crippen molar-refractivity contribution in [3.63, 3.8) is 0 Å². The van der Waals surface area contributed by atoms with E-state index in [0.717, 1.165) is 5.56 Å². The molecule has 1 unspecified atom stereocenters. The van der Waals surface area contributed by atoms with Crippen LogP contribution in [0, 0.1) is 13.8 Å². The maximum absolute atomic E-state index is 13.5. The van der Waals surface area contributed by atoms with Crippen molar-refractivity contribution in [1.82, 2.24) is 4.31 Å². The Labute approximate surface area is 185 Å². The Kier molecular flexibility index (Phi) is 5.67. The topological polar surface area (TPSA) is 105 Å². The van der Waals surface area contributed by atoms with Crippen LogP contribution < -0.4 is 15.4 Å². The van der Waals surface area contributed by atoms with E-state index in [1.54, 1.807) is 31.2 Å². The molecule has 2 amide bonds. The minimum Gasteiger partial charge on any atom is -0.482 e. The number of benzene rings is 2. The molecule has 0 spiro atoms. The lowest BCUT2D eigenvalue weighted by atomic mass is 10.2. The first-order valence-electron chi connectivity index (χ1n) is 9.83. The first kappa shape index (κ1) is 21.6. The fourth-order valence-corrected chi connectivity index (χ4v) is 5.87. The number of hydrogen-bond donors (Lipinski definition) is 2. The monoisotopic (exact) mass is 463 g/mol. The zero-order valence-electron chi connectivity index (χ0n) is 17.1. The van der Waals surface area contributed by atoms with Crippen LogP contribution in [-0.2, 0) is 19.6 Å². The maximum Gasteiger partial charge on any atom is 0.262 e. The van der Waals surface area contributed by atoms with E-state index in [-0.39, 0.29) is 24.0 Å². The van der Waals surface area contributed by atoms with Gasteiger partial charge in [0.05, 0.1) is 10.6 Å². The van der Waals surface area contributed by atoms with Crippen LogP contribution in [0.3, 0.4) is 0 Å². The Morgan fingerprint density at radius 2 is 2.00 bits per heavy atom. The van der Waals surface area contributed by atoms with E-state index in [4.69, 9.17) is 16.3 Å². The molecule has 2 aromatic carbocycles. The summed E-state index contributed by atoms with van der Waals surface area (Å²) in [4.78, 5) is 24.5. The molecule has 0 radical (unpaired) electrons. The van der Waals surface area contributed by atoms with Crippen molar-refractivity contribution >= 4 is 44.8 Å². The smallest absolute Gasteiger partial charge is 0.262 e. The molecule has 2 heterocycles. The van der Waals surface area contributed by atoms with Crippen LogP contribution in [0.15, 0.2) is 35.2 Å². The summed E-state index contributed by atoms with van der Waals surface area (Å²) in [5.74, 6) is -0.409. The Balaban J connectivity index is 1.61. The van der Waals surface area contributed by atoms with Gasteiger partial charge in [-0.1, -0.05) is 17.7 Å². The molecule has 8 nitrogen and oxygen atoms in total. The van der Waals surface area contributed by atoms with Crippen LogP contribution >= 0.6 is 11.6 Å². The first-order chi connectivity index (χ1) is 14.7. The predicted molar refractivity (Wildman–Crippen MR) is 117 cm³/mol. The van der Waals surface area contributed by atoms with Crippen LogP contribution in [0.25, 0.3) is 0 Å². The molecule has 2 aromatic rings. The van der Waals surface area contributed by atoms with E-state index < -0.39 is 22.0 Å². The Morgan fingerprint density at radius 1 is 1.23 bits per heavy atom. The average Bonchev–Trinajstić information content (AvgIpc) is 3.21. The van der Waals surface area contributed by atoms with Crippen molar-refractivity contribution in [2.75, 3.05) is 23.8 Å². The van der Waals surface area contributed by atoms with Crippen molar-refractivity contribution in [2.45, 2.75) is 37.6 Å². The number of hydrogen-bond acceptors (Lipinski definition) is 5. The highest BCUT2D eigenvalue weighted by molar-refractivity contribution is 7.89. The highest BCUT2D eigenvalue weighted by Gasteiger charge is 2.40. The molecule has 1 saturated heterocycles. The number of carbonyl (C=O) groups excluding carboxylic acids is 2. The molecule has 0 bridgehead atoms. The summed E-state index contributed by atoms with van der Waals surface area (Å²) in [6, 6.07) is 7.30. The second kappa shape index (κ2) is 8.14. The lowest BCUT2D eigenvalue weighted by Crippen LogP contribution is -2.43. The molecule has 0 aliphatic carbocycles. The number of halogens is 1. The van der Waals surface area contributed by atoms with Crippen LogP contribution in [0.2, 0.25) is 5.02 Å². The Hall–Kier alpha value is -2.62. The molecule has 2 aliphatic heterocycles. The summed E-state index contributed by atoms with van der Waals surface area (Å²) in [6.45, 7) is 3.56. The third-order valence-electron chi connectivity index (χ3n) is 5.44. The number of fused-ring (bicyclic) bond motifs is 1. The van der Waals surface area contributed by atoms with E-state index in [0.29, 0.717) is 40.6 Å². The molecule has 1 atom stereocenters. The van der Waals surface area contributed by atoms with Gasteiger partial charge >= 0.3 is 0 Å². The van der Waals surface area contributed by atoms with Crippen molar-refractivity contribution in [2.24, 2.45) is 0 Å². The van der Waals surface area contributed by atoms with E-state index in [1.807, 2.05) is 6.92 Å². The molecule has 4 rings (SSSR count). The van der Waals surface area contributed by atoms with Crippen molar-refractivity contribution in [1.29, 1.82) is 0 Å². The number of nitrogens with zero attached hydrogens (tertiary/aromatic N) is 1. The molecule has 1 fully saturated rings. The molecular formula is C21H22ClN3O5S. The fourth-order valence-electron chi connectivity index (χ4n) is 3.81. The minimum atomic E-state index is -3.96. The van der Waals surface area contributed by atoms with Gasteiger partial charge in [0.15, 0.2) is 6.61 Å². The van der Waals surface area contributed by atoms with Gasteiger partial charge in [-0.25, -0.2) is 8.42 Å². The van der Waals surface area contributed by atoms with Crippen LogP contribution in [0.1, 0.15) is 24.0 Å². The standard InChI is InChI=1S/C21H22ClN3O5S/c1-12-5-6-14(9-15(12)22)23-21(27)17-4-3-7-25(17)31(28,29)19-10-18-16(8-13(19)2)24-20(26)11-30-18/h5-6,8-10,17H,3-4,7,11H2,1-2H3,(H,23,27)(H,24,26). The van der Waals surface area contributed by atoms with E-state index >= 15 is 0 Å². The largest absolute Gasteiger partial charge is 0.482 e. The highest BCUT2D eigenvalue weighted by Crippen LogP contribution is 2.36. The molecule has 31 heavy (non-hydrogen) atoms. The van der Waals surface area contributed by atoms with Gasteiger partial charge in [0.2, 0.25) is 15.9 Å². The van der Waals surface area contributed by atoms with Crippen molar-refractivity contribution in [3.05, 3.63) is 46.5 Å². The summed E-state index contributed by atoms with van der Waals surface area (Å²) in [6.07, 6.45) is 0.990. The molecular weight excluding hydrogens is 442 g/mol. The number of aryl methyl sites for hydroxylation is 2. The van der Waals surface area contributed by atoms with Gasteiger partial charge in [-0.05, 0) is 56.0 Å². The minimum absolute atomic E-state index is 0.0560. The number of rotatable bonds is 4. The first-order valence-corrected chi connectivity index (χ1v) is 11.6. The van der Waals surface area contributed by atoms with Crippen LogP contribution in [-0.4, -0.2) is 43.7 Å². The van der Waals surface area contributed by atoms with Gasteiger partial charge < -0.3 is 15.4 Å². The number of carbonyl (C=O) groups is 2. The van der Waals surface area contributed by atoms with E-state index in [1.165, 1.54) is 10.4 Å². The highest BCUT2D eigenvalue weighted by atomic mass is 35.5. The number of nitrogens with one attached hydrogen (secondary N) is 2. The Bertz CT molecular complexity index is 1180. The quantitative estimate of drug-likeness (QED) is 0.725. The summed E-state index contributed by atoms with van der Waals surface area (Å²) >= 11 is 6.13. The number of anilines is 2. The predicted octanol–water partition coefficient (Wildman–Crippen LogP) is 3.08. The summed E-state index contributed by atoms with van der Waals surface area (Å²) in [7, 11) is -3.96. The lowest BCUT2D eigenvalue weighted by molar-refractivity contribution is -0.119. The van der Waals surface area contributed by atoms with E-state index in [2.05, 4.69) is 10.6 Å². The zero-order valence-corrected chi connectivity index (χ0v) is 18.6. The van der Waals surface area contributed by atoms with Gasteiger partial charge in [0.1, 0.15) is 11.8 Å². The number of amides is 2. The van der Waals surface area contributed by atoms with Gasteiger partial charge in [-0.3, -0.25) is 9.59 Å². The molecule has 0 aromatic heterocycles. The second-order valence-corrected chi connectivity index (χ2v) is 9.94. The summed E-state index contributed by atoms with van der Waals surface area (Å²) in [5, 5.41) is 5.96. The molecule has 10 heteroatoms. The normalized spacial score (nSPS) is 18.8. The number of ether oxygens (including phenoxy) is 1. The molecule has 164 valence electrons. The van der Waals surface area contributed by atoms with Gasteiger partial charge in [-0.2, -0.15) is 4.31 Å². The number of sulfonamides is 1. The third kappa shape index (κ3) is 4.13. The second-order valence-electron chi connectivity index (χ2n) is 7.68.